The number of rotatable bonds is 6. The van der Waals surface area contributed by atoms with Crippen molar-refractivity contribution in [3.8, 4) is 0 Å². The van der Waals surface area contributed by atoms with Crippen LogP contribution in [0.2, 0.25) is 0 Å². The van der Waals surface area contributed by atoms with E-state index < -0.39 is 20.7 Å². The molecule has 0 saturated carbocycles. The van der Waals surface area contributed by atoms with Crippen molar-refractivity contribution >= 4 is 27.2 Å². The molecule has 0 heterocycles. The van der Waals surface area contributed by atoms with Crippen LogP contribution in [-0.2, 0) is 19.4 Å². The SMILES string of the molecule is COC(=O)CCNc1ccc(S(C)(=O)=O)cc1[N+](=O)[O-]. The third-order valence-corrected chi connectivity index (χ3v) is 3.58. The Hall–Kier alpha value is -2.16. The van der Waals surface area contributed by atoms with Crippen molar-refractivity contribution in [3.63, 3.8) is 0 Å². The van der Waals surface area contributed by atoms with Gasteiger partial charge in [0.25, 0.3) is 5.69 Å². The standard InChI is InChI=1S/C11H14N2O6S/c1-19-11(14)5-6-12-9-4-3-8(20(2,17)18)7-10(9)13(15)16/h3-4,7,12H,5-6H2,1-2H3. The van der Waals surface area contributed by atoms with Crippen molar-refractivity contribution < 1.29 is 22.9 Å². The molecule has 110 valence electrons. The number of hydrogen-bond acceptors (Lipinski definition) is 7. The van der Waals surface area contributed by atoms with Gasteiger partial charge in [0.1, 0.15) is 5.69 Å². The van der Waals surface area contributed by atoms with Crippen molar-refractivity contribution in [3.05, 3.63) is 28.3 Å². The molecule has 0 atom stereocenters. The Morgan fingerprint density at radius 2 is 2.10 bits per heavy atom. The number of anilines is 1. The molecule has 0 aliphatic rings. The maximum atomic E-state index is 11.4. The topological polar surface area (TPSA) is 116 Å². The minimum Gasteiger partial charge on any atom is -0.469 e. The van der Waals surface area contributed by atoms with Gasteiger partial charge in [-0.15, -0.1) is 0 Å². The molecule has 0 aromatic heterocycles. The van der Waals surface area contributed by atoms with E-state index in [1.54, 1.807) is 0 Å². The summed E-state index contributed by atoms with van der Waals surface area (Å²) in [5, 5.41) is 13.6. The van der Waals surface area contributed by atoms with Crippen molar-refractivity contribution in [2.75, 3.05) is 25.2 Å². The minimum atomic E-state index is -3.52. The van der Waals surface area contributed by atoms with Gasteiger partial charge in [0.2, 0.25) is 0 Å². The highest BCUT2D eigenvalue weighted by Crippen LogP contribution is 2.27. The summed E-state index contributed by atoms with van der Waals surface area (Å²) >= 11 is 0. The van der Waals surface area contributed by atoms with E-state index in [0.717, 1.165) is 12.3 Å². The maximum Gasteiger partial charge on any atom is 0.307 e. The minimum absolute atomic E-state index is 0.0431. The van der Waals surface area contributed by atoms with Gasteiger partial charge in [0.05, 0.1) is 23.3 Å². The molecule has 1 rings (SSSR count). The third-order valence-electron chi connectivity index (χ3n) is 2.47. The van der Waals surface area contributed by atoms with Gasteiger partial charge < -0.3 is 10.1 Å². The number of esters is 1. The first-order valence-corrected chi connectivity index (χ1v) is 7.44. The number of carbonyl (C=O) groups is 1. The fourth-order valence-electron chi connectivity index (χ4n) is 1.44. The van der Waals surface area contributed by atoms with E-state index in [0.29, 0.717) is 0 Å². The second kappa shape index (κ2) is 6.33. The Kier molecular flexibility index (Phi) is 5.03. The van der Waals surface area contributed by atoms with Gasteiger partial charge >= 0.3 is 5.97 Å². The lowest BCUT2D eigenvalue weighted by molar-refractivity contribution is -0.384. The van der Waals surface area contributed by atoms with Crippen LogP contribution in [0.1, 0.15) is 6.42 Å². The summed E-state index contributed by atoms with van der Waals surface area (Å²) in [7, 11) is -2.28. The highest BCUT2D eigenvalue weighted by molar-refractivity contribution is 7.90. The molecular formula is C11H14N2O6S. The van der Waals surface area contributed by atoms with Crippen LogP contribution >= 0.6 is 0 Å². The normalized spacial score (nSPS) is 10.9. The van der Waals surface area contributed by atoms with E-state index in [-0.39, 0.29) is 29.2 Å². The number of ether oxygens (including phenoxy) is 1. The highest BCUT2D eigenvalue weighted by atomic mass is 32.2. The van der Waals surface area contributed by atoms with Crippen LogP contribution in [0.4, 0.5) is 11.4 Å². The van der Waals surface area contributed by atoms with Gasteiger partial charge in [-0.2, -0.15) is 0 Å². The first kappa shape index (κ1) is 15.9. The summed E-state index contributed by atoms with van der Waals surface area (Å²) < 4.78 is 27.2. The van der Waals surface area contributed by atoms with Crippen molar-refractivity contribution in [1.29, 1.82) is 0 Å². The Bertz CT molecular complexity index is 626. The average Bonchev–Trinajstić information content (AvgIpc) is 2.37. The molecule has 0 aliphatic heterocycles. The summed E-state index contributed by atoms with van der Waals surface area (Å²) in [6, 6.07) is 3.55. The van der Waals surface area contributed by atoms with Gasteiger partial charge in [-0.1, -0.05) is 0 Å². The second-order valence-corrected chi connectivity index (χ2v) is 5.98. The van der Waals surface area contributed by atoms with Crippen LogP contribution in [0.15, 0.2) is 23.1 Å². The summed E-state index contributed by atoms with van der Waals surface area (Å²) in [4.78, 5) is 21.0. The molecule has 1 aromatic rings. The van der Waals surface area contributed by atoms with Crippen LogP contribution in [0.3, 0.4) is 0 Å². The van der Waals surface area contributed by atoms with Crippen molar-refractivity contribution in [2.45, 2.75) is 11.3 Å². The quantitative estimate of drug-likeness (QED) is 0.473. The molecule has 0 saturated heterocycles. The summed E-state index contributed by atoms with van der Waals surface area (Å²) in [5.74, 6) is -0.451. The number of nitro benzene ring substituents is 1. The zero-order valence-electron chi connectivity index (χ0n) is 11.0. The molecule has 8 nitrogen and oxygen atoms in total. The van der Waals surface area contributed by atoms with Crippen LogP contribution < -0.4 is 5.32 Å². The lowest BCUT2D eigenvalue weighted by Crippen LogP contribution is -2.11. The molecule has 0 fully saturated rings. The lowest BCUT2D eigenvalue weighted by Gasteiger charge is -2.07. The Morgan fingerprint density at radius 3 is 2.60 bits per heavy atom. The number of nitrogens with zero attached hydrogens (tertiary/aromatic N) is 1. The molecule has 9 heteroatoms. The zero-order chi connectivity index (χ0) is 15.3. The van der Waals surface area contributed by atoms with Gasteiger partial charge in [0, 0.05) is 18.9 Å². The molecule has 0 amide bonds. The van der Waals surface area contributed by atoms with Gasteiger partial charge in [-0.3, -0.25) is 14.9 Å². The van der Waals surface area contributed by atoms with E-state index in [9.17, 15) is 23.3 Å². The second-order valence-electron chi connectivity index (χ2n) is 3.96. The Morgan fingerprint density at radius 1 is 1.45 bits per heavy atom. The van der Waals surface area contributed by atoms with E-state index in [2.05, 4.69) is 10.1 Å². The largest absolute Gasteiger partial charge is 0.469 e. The molecule has 1 aromatic carbocycles. The first-order valence-electron chi connectivity index (χ1n) is 5.55. The fourth-order valence-corrected chi connectivity index (χ4v) is 2.08. The summed E-state index contributed by atoms with van der Waals surface area (Å²) in [6.07, 6.45) is 1.01. The van der Waals surface area contributed by atoms with Gasteiger partial charge in [-0.25, -0.2) is 8.42 Å². The molecular weight excluding hydrogens is 288 g/mol. The molecule has 20 heavy (non-hydrogen) atoms. The fraction of sp³-hybridized carbons (Fsp3) is 0.364. The predicted molar refractivity (Wildman–Crippen MR) is 71.3 cm³/mol. The Balaban J connectivity index is 2.97. The lowest BCUT2D eigenvalue weighted by atomic mass is 10.2. The number of methoxy groups -OCH3 is 1. The zero-order valence-corrected chi connectivity index (χ0v) is 11.8. The number of benzene rings is 1. The Labute approximate surface area is 115 Å². The number of carbonyl (C=O) groups excluding carboxylic acids is 1. The van der Waals surface area contributed by atoms with E-state index in [1.807, 2.05) is 0 Å². The molecule has 1 N–H and O–H groups in total. The van der Waals surface area contributed by atoms with Crippen LogP contribution in [0, 0.1) is 10.1 Å². The predicted octanol–water partition coefficient (Wildman–Crippen LogP) is 0.973. The van der Waals surface area contributed by atoms with Gasteiger partial charge in [-0.05, 0) is 12.1 Å². The van der Waals surface area contributed by atoms with Crippen molar-refractivity contribution in [1.82, 2.24) is 0 Å². The first-order chi connectivity index (χ1) is 9.25. The van der Waals surface area contributed by atoms with E-state index in [1.165, 1.54) is 19.2 Å². The monoisotopic (exact) mass is 302 g/mol. The smallest absolute Gasteiger partial charge is 0.307 e. The maximum absolute atomic E-state index is 11.4. The number of sulfone groups is 1. The van der Waals surface area contributed by atoms with Crippen LogP contribution in [0.5, 0.6) is 0 Å². The average molecular weight is 302 g/mol. The molecule has 0 spiro atoms. The van der Waals surface area contributed by atoms with Gasteiger partial charge in [0.15, 0.2) is 9.84 Å². The van der Waals surface area contributed by atoms with Crippen LogP contribution in [-0.4, -0.2) is 39.2 Å². The molecule has 0 unspecified atom stereocenters. The molecule has 0 aliphatic carbocycles. The number of nitro groups is 1. The number of hydrogen-bond donors (Lipinski definition) is 1. The summed E-state index contributed by atoms with van der Waals surface area (Å²) in [6.45, 7) is 0.145. The van der Waals surface area contributed by atoms with E-state index >= 15 is 0 Å². The van der Waals surface area contributed by atoms with E-state index in [4.69, 9.17) is 0 Å². The van der Waals surface area contributed by atoms with Crippen molar-refractivity contribution in [2.24, 2.45) is 0 Å². The summed E-state index contributed by atoms with van der Waals surface area (Å²) in [5.41, 5.74) is -0.218. The molecule has 0 bridgehead atoms. The highest BCUT2D eigenvalue weighted by Gasteiger charge is 2.18. The number of nitrogens with one attached hydrogen (secondary N) is 1. The third kappa shape index (κ3) is 4.19. The van der Waals surface area contributed by atoms with Crippen LogP contribution in [0.25, 0.3) is 0 Å². The molecule has 0 radical (unpaired) electrons.